The third-order valence-electron chi connectivity index (χ3n) is 4.15. The van der Waals surface area contributed by atoms with Crippen molar-refractivity contribution in [2.24, 2.45) is 0 Å². The zero-order valence-electron chi connectivity index (χ0n) is 16.5. The number of benzene rings is 1. The van der Waals surface area contributed by atoms with Gasteiger partial charge in [0.05, 0.1) is 29.5 Å². The fourth-order valence-electron chi connectivity index (χ4n) is 2.68. The van der Waals surface area contributed by atoms with Gasteiger partial charge in [-0.15, -0.1) is 10.2 Å². The Balaban J connectivity index is 1.69. The van der Waals surface area contributed by atoms with Crippen molar-refractivity contribution in [1.82, 2.24) is 30.6 Å². The highest BCUT2D eigenvalue weighted by atomic mass is 35.5. The Morgan fingerprint density at radius 3 is 2.25 bits per heavy atom. The number of hydrogen-bond donors (Lipinski definition) is 2. The minimum absolute atomic E-state index is 0.0325. The van der Waals surface area contributed by atoms with E-state index < -0.39 is 29.2 Å². The van der Waals surface area contributed by atoms with Crippen LogP contribution in [0.5, 0.6) is 5.88 Å². The number of carbonyl (C=O) groups excluding carboxylic acids is 2. The first kappa shape index (κ1) is 23.0. The van der Waals surface area contributed by atoms with Crippen molar-refractivity contribution in [3.8, 4) is 11.7 Å². The fraction of sp³-hybridized carbons (Fsp3) is 0.211. The van der Waals surface area contributed by atoms with Crippen LogP contribution in [0.4, 0.5) is 13.2 Å². The quantitative estimate of drug-likeness (QED) is 0.515. The molecule has 0 atom stereocenters. The summed E-state index contributed by atoms with van der Waals surface area (Å²) in [6.45, 7) is -0.158. The molecule has 0 saturated heterocycles. The van der Waals surface area contributed by atoms with Crippen molar-refractivity contribution in [2.75, 3.05) is 20.2 Å². The molecule has 1 aromatic carbocycles. The number of carbonyl (C=O) groups is 2. The molecule has 2 aromatic heterocycles. The number of rotatable bonds is 7. The normalized spacial score (nSPS) is 11.2. The topological polar surface area (TPSA) is 111 Å². The third-order valence-corrected chi connectivity index (χ3v) is 4.48. The van der Waals surface area contributed by atoms with Crippen LogP contribution in [0.25, 0.3) is 5.82 Å². The van der Waals surface area contributed by atoms with E-state index in [9.17, 15) is 22.8 Å². The van der Waals surface area contributed by atoms with Crippen molar-refractivity contribution < 1.29 is 27.5 Å². The first-order valence-corrected chi connectivity index (χ1v) is 9.44. The molecule has 168 valence electrons. The minimum Gasteiger partial charge on any atom is -0.480 e. The molecule has 9 nitrogen and oxygen atoms in total. The molecule has 0 fully saturated rings. The van der Waals surface area contributed by atoms with Gasteiger partial charge in [-0.1, -0.05) is 23.7 Å². The Morgan fingerprint density at radius 1 is 1.03 bits per heavy atom. The lowest BCUT2D eigenvalue weighted by Gasteiger charge is -2.12. The van der Waals surface area contributed by atoms with Crippen LogP contribution in [0.2, 0.25) is 5.02 Å². The van der Waals surface area contributed by atoms with Crippen molar-refractivity contribution in [3.63, 3.8) is 0 Å². The maximum atomic E-state index is 13.7. The van der Waals surface area contributed by atoms with Crippen LogP contribution in [0.1, 0.15) is 26.4 Å². The summed E-state index contributed by atoms with van der Waals surface area (Å²) in [6.07, 6.45) is -4.12. The van der Waals surface area contributed by atoms with E-state index >= 15 is 0 Å². The van der Waals surface area contributed by atoms with Gasteiger partial charge in [-0.25, -0.2) is 4.68 Å². The Hall–Kier alpha value is -3.67. The highest BCUT2D eigenvalue weighted by molar-refractivity contribution is 6.33. The van der Waals surface area contributed by atoms with E-state index in [0.29, 0.717) is 4.68 Å². The van der Waals surface area contributed by atoms with E-state index in [2.05, 4.69) is 25.9 Å². The van der Waals surface area contributed by atoms with Gasteiger partial charge < -0.3 is 15.4 Å². The fourth-order valence-corrected chi connectivity index (χ4v) is 2.91. The molecule has 0 aliphatic carbocycles. The minimum atomic E-state index is -4.90. The van der Waals surface area contributed by atoms with Crippen LogP contribution in [0.15, 0.2) is 42.6 Å². The summed E-state index contributed by atoms with van der Waals surface area (Å²) in [4.78, 5) is 24.5. The Morgan fingerprint density at radius 2 is 1.69 bits per heavy atom. The number of aromatic nitrogens is 4. The predicted molar refractivity (Wildman–Crippen MR) is 107 cm³/mol. The van der Waals surface area contributed by atoms with Crippen molar-refractivity contribution >= 4 is 23.4 Å². The molecule has 0 saturated carbocycles. The summed E-state index contributed by atoms with van der Waals surface area (Å²) in [5.74, 6) is -1.64. The molecule has 13 heteroatoms. The van der Waals surface area contributed by atoms with Gasteiger partial charge in [-0.05, 0) is 18.2 Å². The van der Waals surface area contributed by atoms with Crippen LogP contribution in [-0.4, -0.2) is 52.0 Å². The standard InChI is InChI=1S/C19H16ClF3N6O3/c1-32-15-7-6-14(27-28-15)29-16(19(21,22)23)12(10-26-29)18(31)25-9-8-24-17(30)11-4-2-3-5-13(11)20/h2-7,10H,8-9H2,1H3,(H,24,30)(H,25,31). The largest absolute Gasteiger partial charge is 0.480 e. The highest BCUT2D eigenvalue weighted by Crippen LogP contribution is 2.33. The van der Waals surface area contributed by atoms with Gasteiger partial charge in [0.2, 0.25) is 5.88 Å². The van der Waals surface area contributed by atoms with Crippen LogP contribution < -0.4 is 15.4 Å². The van der Waals surface area contributed by atoms with Gasteiger partial charge in [0, 0.05) is 19.2 Å². The van der Waals surface area contributed by atoms with Gasteiger partial charge in [0.15, 0.2) is 11.5 Å². The monoisotopic (exact) mass is 468 g/mol. The van der Waals surface area contributed by atoms with Gasteiger partial charge >= 0.3 is 6.18 Å². The molecule has 0 aliphatic heterocycles. The van der Waals surface area contributed by atoms with E-state index in [-0.39, 0.29) is 35.4 Å². The zero-order valence-corrected chi connectivity index (χ0v) is 17.2. The Bertz CT molecular complexity index is 1120. The number of nitrogens with zero attached hydrogens (tertiary/aromatic N) is 4. The van der Waals surface area contributed by atoms with E-state index in [0.717, 1.165) is 6.20 Å². The van der Waals surface area contributed by atoms with E-state index in [1.165, 1.54) is 25.3 Å². The van der Waals surface area contributed by atoms with Crippen LogP contribution in [0.3, 0.4) is 0 Å². The maximum absolute atomic E-state index is 13.7. The second-order valence-corrected chi connectivity index (χ2v) is 6.65. The molecule has 0 bridgehead atoms. The number of alkyl halides is 3. The van der Waals surface area contributed by atoms with Crippen molar-refractivity contribution in [2.45, 2.75) is 6.18 Å². The molecule has 2 N–H and O–H groups in total. The molecule has 0 unspecified atom stereocenters. The van der Waals surface area contributed by atoms with Gasteiger partial charge in [-0.2, -0.15) is 18.3 Å². The highest BCUT2D eigenvalue weighted by Gasteiger charge is 2.41. The first-order chi connectivity index (χ1) is 15.2. The molecule has 3 aromatic rings. The van der Waals surface area contributed by atoms with Gasteiger partial charge in [0.25, 0.3) is 11.8 Å². The second kappa shape index (κ2) is 9.64. The smallest absolute Gasteiger partial charge is 0.434 e. The molecule has 3 rings (SSSR count). The Labute approximate surface area is 184 Å². The average molecular weight is 469 g/mol. The van der Waals surface area contributed by atoms with Crippen LogP contribution >= 0.6 is 11.6 Å². The molecule has 2 amide bonds. The van der Waals surface area contributed by atoms with Crippen LogP contribution in [0, 0.1) is 0 Å². The molecule has 0 spiro atoms. The second-order valence-electron chi connectivity index (χ2n) is 6.24. The summed E-state index contributed by atoms with van der Waals surface area (Å²) in [5, 5.41) is 16.0. The lowest BCUT2D eigenvalue weighted by Crippen LogP contribution is -2.35. The summed E-state index contributed by atoms with van der Waals surface area (Å²) in [6, 6.07) is 8.89. The lowest BCUT2D eigenvalue weighted by atomic mass is 10.2. The molecule has 2 heterocycles. The number of methoxy groups -OCH3 is 1. The Kier molecular flexibility index (Phi) is 6.93. The van der Waals surface area contributed by atoms with Crippen LogP contribution in [-0.2, 0) is 6.18 Å². The molecular weight excluding hydrogens is 453 g/mol. The van der Waals surface area contributed by atoms with Gasteiger partial charge in [-0.3, -0.25) is 9.59 Å². The molecule has 0 radical (unpaired) electrons. The zero-order chi connectivity index (χ0) is 23.3. The number of amides is 2. The molecular formula is C19H16ClF3N6O3. The van der Waals surface area contributed by atoms with E-state index in [1.807, 2.05) is 0 Å². The third kappa shape index (κ3) is 5.14. The summed E-state index contributed by atoms with van der Waals surface area (Å²) in [7, 11) is 1.33. The lowest BCUT2D eigenvalue weighted by molar-refractivity contribution is -0.143. The maximum Gasteiger partial charge on any atom is 0.434 e. The number of nitrogens with one attached hydrogen (secondary N) is 2. The summed E-state index contributed by atoms with van der Waals surface area (Å²) >= 11 is 5.93. The van der Waals surface area contributed by atoms with Crippen molar-refractivity contribution in [3.05, 3.63) is 64.4 Å². The molecule has 32 heavy (non-hydrogen) atoms. The number of ether oxygens (including phenoxy) is 1. The van der Waals surface area contributed by atoms with Crippen molar-refractivity contribution in [1.29, 1.82) is 0 Å². The number of halogens is 4. The van der Waals surface area contributed by atoms with E-state index in [4.69, 9.17) is 16.3 Å². The summed E-state index contributed by atoms with van der Waals surface area (Å²) in [5.41, 5.74) is -1.77. The number of hydrogen-bond acceptors (Lipinski definition) is 6. The van der Waals surface area contributed by atoms with E-state index in [1.54, 1.807) is 18.2 Å². The predicted octanol–water partition coefficient (Wildman–Crippen LogP) is 2.50. The summed E-state index contributed by atoms with van der Waals surface area (Å²) < 4.78 is 46.3. The van der Waals surface area contributed by atoms with Gasteiger partial charge in [0.1, 0.15) is 0 Å². The SMILES string of the molecule is COc1ccc(-n2ncc(C(=O)NCCNC(=O)c3ccccc3Cl)c2C(F)(F)F)nn1. The molecule has 0 aliphatic rings. The first-order valence-electron chi connectivity index (χ1n) is 9.06. The average Bonchev–Trinajstić information content (AvgIpc) is 3.23.